The van der Waals surface area contributed by atoms with Gasteiger partial charge >= 0.3 is 0 Å². The van der Waals surface area contributed by atoms with Crippen molar-refractivity contribution in [2.45, 2.75) is 45.5 Å². The number of nitrogens with one attached hydrogen (secondary N) is 1. The molecule has 5 nitrogen and oxygen atoms in total. The van der Waals surface area contributed by atoms with Crippen LogP contribution in [0.5, 0.6) is 11.5 Å². The van der Waals surface area contributed by atoms with Gasteiger partial charge < -0.3 is 14.8 Å². The molecule has 0 unspecified atom stereocenters. The first-order valence-electron chi connectivity index (χ1n) is 7.73. The molecule has 0 bridgehead atoms. The second-order valence-electron chi connectivity index (χ2n) is 5.91. The van der Waals surface area contributed by atoms with Crippen LogP contribution in [0.15, 0.2) is 30.6 Å². The van der Waals surface area contributed by atoms with Gasteiger partial charge in [-0.15, -0.1) is 0 Å². The van der Waals surface area contributed by atoms with Crippen molar-refractivity contribution in [3.8, 4) is 11.5 Å². The summed E-state index contributed by atoms with van der Waals surface area (Å²) in [6.07, 6.45) is 4.98. The smallest absolute Gasteiger partial charge is 0.123 e. The normalized spacial score (nSPS) is 17.9. The van der Waals surface area contributed by atoms with E-state index >= 15 is 0 Å². The van der Waals surface area contributed by atoms with Gasteiger partial charge in [0.1, 0.15) is 17.6 Å². The molecule has 118 valence electrons. The van der Waals surface area contributed by atoms with Crippen LogP contribution in [0.3, 0.4) is 0 Å². The van der Waals surface area contributed by atoms with Crippen molar-refractivity contribution in [3.63, 3.8) is 0 Å². The van der Waals surface area contributed by atoms with E-state index in [4.69, 9.17) is 9.47 Å². The molecule has 0 aliphatic carbocycles. The maximum atomic E-state index is 5.84. The lowest BCUT2D eigenvalue weighted by molar-refractivity contribution is 0.254. The minimum Gasteiger partial charge on any atom is -0.496 e. The SMILES string of the molecule is COc1cc2c(cc1CN[C@@H](C)Cn1cccn1)O[C@@H](C)C2. The second kappa shape index (κ2) is 6.40. The minimum atomic E-state index is 0.252. The Kier molecular flexibility index (Phi) is 4.34. The van der Waals surface area contributed by atoms with Gasteiger partial charge in [-0.25, -0.2) is 0 Å². The molecule has 0 spiro atoms. The van der Waals surface area contributed by atoms with E-state index in [-0.39, 0.29) is 6.10 Å². The maximum Gasteiger partial charge on any atom is 0.123 e. The zero-order valence-corrected chi connectivity index (χ0v) is 13.4. The molecule has 3 rings (SSSR count). The number of rotatable bonds is 6. The zero-order valence-electron chi connectivity index (χ0n) is 13.4. The molecule has 2 atom stereocenters. The van der Waals surface area contributed by atoms with E-state index in [0.717, 1.165) is 36.6 Å². The Bertz CT molecular complexity index is 625. The predicted octanol–water partition coefficient (Wildman–Crippen LogP) is 2.39. The van der Waals surface area contributed by atoms with Crippen molar-refractivity contribution in [3.05, 3.63) is 41.7 Å². The molecule has 1 aromatic carbocycles. The summed E-state index contributed by atoms with van der Waals surface area (Å²) in [5.74, 6) is 1.92. The Labute approximate surface area is 131 Å². The molecule has 2 aromatic rings. The third-order valence-corrected chi connectivity index (χ3v) is 3.96. The fourth-order valence-electron chi connectivity index (χ4n) is 2.85. The van der Waals surface area contributed by atoms with Crippen LogP contribution in [0.4, 0.5) is 0 Å². The summed E-state index contributed by atoms with van der Waals surface area (Å²) in [5, 5.41) is 7.75. The van der Waals surface area contributed by atoms with Crippen LogP contribution < -0.4 is 14.8 Å². The number of fused-ring (bicyclic) bond motifs is 1. The molecule has 5 heteroatoms. The lowest BCUT2D eigenvalue weighted by atomic mass is 10.1. The molecular formula is C17H23N3O2. The fourth-order valence-corrected chi connectivity index (χ4v) is 2.85. The highest BCUT2D eigenvalue weighted by Gasteiger charge is 2.21. The number of methoxy groups -OCH3 is 1. The van der Waals surface area contributed by atoms with Crippen molar-refractivity contribution in [2.75, 3.05) is 7.11 Å². The summed E-state index contributed by atoms with van der Waals surface area (Å²) in [4.78, 5) is 0. The molecular weight excluding hydrogens is 278 g/mol. The highest BCUT2D eigenvalue weighted by atomic mass is 16.5. The van der Waals surface area contributed by atoms with E-state index in [0.29, 0.717) is 6.04 Å². The minimum absolute atomic E-state index is 0.252. The Morgan fingerprint density at radius 1 is 1.50 bits per heavy atom. The van der Waals surface area contributed by atoms with Crippen molar-refractivity contribution >= 4 is 0 Å². The van der Waals surface area contributed by atoms with E-state index in [1.54, 1.807) is 13.3 Å². The Morgan fingerprint density at radius 2 is 2.36 bits per heavy atom. The Balaban J connectivity index is 1.66. The van der Waals surface area contributed by atoms with Crippen LogP contribution in [0.25, 0.3) is 0 Å². The van der Waals surface area contributed by atoms with Gasteiger partial charge in [-0.2, -0.15) is 5.10 Å². The van der Waals surface area contributed by atoms with E-state index in [9.17, 15) is 0 Å². The summed E-state index contributed by atoms with van der Waals surface area (Å²) >= 11 is 0. The van der Waals surface area contributed by atoms with Crippen molar-refractivity contribution < 1.29 is 9.47 Å². The molecule has 1 aliphatic rings. The van der Waals surface area contributed by atoms with Crippen molar-refractivity contribution in [1.29, 1.82) is 0 Å². The van der Waals surface area contributed by atoms with Gasteiger partial charge in [-0.1, -0.05) is 0 Å². The molecule has 0 fully saturated rings. The molecule has 0 saturated carbocycles. The summed E-state index contributed by atoms with van der Waals surface area (Å²) < 4.78 is 13.3. The maximum absolute atomic E-state index is 5.84. The quantitative estimate of drug-likeness (QED) is 0.890. The van der Waals surface area contributed by atoms with Gasteiger partial charge in [0, 0.05) is 42.5 Å². The standard InChI is InChI=1S/C17H23N3O2/c1-12(11-20-6-4-5-19-20)18-10-15-9-17-14(7-13(2)22-17)8-16(15)21-3/h4-6,8-9,12-13,18H,7,10-11H2,1-3H3/t12-,13-/m0/s1. The lowest BCUT2D eigenvalue weighted by Crippen LogP contribution is -2.30. The number of hydrogen-bond donors (Lipinski definition) is 1. The van der Waals surface area contributed by atoms with Gasteiger partial charge in [-0.05, 0) is 32.0 Å². The van der Waals surface area contributed by atoms with Gasteiger partial charge in [0.2, 0.25) is 0 Å². The monoisotopic (exact) mass is 301 g/mol. The van der Waals surface area contributed by atoms with Crippen LogP contribution in [0.1, 0.15) is 25.0 Å². The molecule has 1 N–H and O–H groups in total. The van der Waals surface area contributed by atoms with E-state index in [1.165, 1.54) is 5.56 Å². The molecule has 0 saturated heterocycles. The number of aromatic nitrogens is 2. The summed E-state index contributed by atoms with van der Waals surface area (Å²) in [6.45, 7) is 5.83. The van der Waals surface area contributed by atoms with Crippen LogP contribution in [0, 0.1) is 0 Å². The molecule has 22 heavy (non-hydrogen) atoms. The fraction of sp³-hybridized carbons (Fsp3) is 0.471. The first kappa shape index (κ1) is 14.9. The van der Waals surface area contributed by atoms with Crippen LogP contribution in [-0.2, 0) is 19.5 Å². The molecule has 0 amide bonds. The highest BCUT2D eigenvalue weighted by Crippen LogP contribution is 2.34. The molecule has 1 aliphatic heterocycles. The van der Waals surface area contributed by atoms with Crippen LogP contribution in [-0.4, -0.2) is 29.0 Å². The van der Waals surface area contributed by atoms with Gasteiger partial charge in [0.05, 0.1) is 13.7 Å². The average Bonchev–Trinajstić information content (AvgIpc) is 3.11. The zero-order chi connectivity index (χ0) is 15.5. The summed E-state index contributed by atoms with van der Waals surface area (Å²) in [6, 6.07) is 6.46. The summed E-state index contributed by atoms with van der Waals surface area (Å²) in [5.41, 5.74) is 2.36. The third kappa shape index (κ3) is 3.25. The Hall–Kier alpha value is -2.01. The van der Waals surface area contributed by atoms with Crippen LogP contribution in [0.2, 0.25) is 0 Å². The summed E-state index contributed by atoms with van der Waals surface area (Å²) in [7, 11) is 1.72. The average molecular weight is 301 g/mol. The molecule has 0 radical (unpaired) electrons. The van der Waals surface area contributed by atoms with Crippen molar-refractivity contribution in [1.82, 2.24) is 15.1 Å². The lowest BCUT2D eigenvalue weighted by Gasteiger charge is -2.16. The molecule has 2 heterocycles. The number of nitrogens with zero attached hydrogens (tertiary/aromatic N) is 2. The largest absolute Gasteiger partial charge is 0.496 e. The van der Waals surface area contributed by atoms with E-state index in [2.05, 4.69) is 36.4 Å². The second-order valence-corrected chi connectivity index (χ2v) is 5.91. The first-order valence-corrected chi connectivity index (χ1v) is 7.73. The van der Waals surface area contributed by atoms with Crippen LogP contribution >= 0.6 is 0 Å². The van der Waals surface area contributed by atoms with Crippen molar-refractivity contribution in [2.24, 2.45) is 0 Å². The number of hydrogen-bond acceptors (Lipinski definition) is 4. The topological polar surface area (TPSA) is 48.3 Å². The number of ether oxygens (including phenoxy) is 2. The van der Waals surface area contributed by atoms with E-state index < -0.39 is 0 Å². The van der Waals surface area contributed by atoms with E-state index in [1.807, 2.05) is 16.9 Å². The highest BCUT2D eigenvalue weighted by molar-refractivity contribution is 5.48. The molecule has 1 aromatic heterocycles. The third-order valence-electron chi connectivity index (χ3n) is 3.96. The van der Waals surface area contributed by atoms with Gasteiger partial charge in [0.15, 0.2) is 0 Å². The predicted molar refractivity (Wildman–Crippen MR) is 85.3 cm³/mol. The first-order chi connectivity index (χ1) is 10.7. The van der Waals surface area contributed by atoms with Gasteiger partial charge in [0.25, 0.3) is 0 Å². The van der Waals surface area contributed by atoms with Gasteiger partial charge in [-0.3, -0.25) is 4.68 Å². The Morgan fingerprint density at radius 3 is 3.09 bits per heavy atom. The number of benzene rings is 1.